The van der Waals surface area contributed by atoms with Crippen LogP contribution in [0.2, 0.25) is 0 Å². The van der Waals surface area contributed by atoms with Crippen LogP contribution >= 0.6 is 0 Å². The zero-order valence-electron chi connectivity index (χ0n) is 7.93. The van der Waals surface area contributed by atoms with Crippen molar-refractivity contribution < 1.29 is 9.18 Å². The molecule has 13 heavy (non-hydrogen) atoms. The number of rotatable bonds is 0. The maximum Gasteiger partial charge on any atom is 0.163 e. The van der Waals surface area contributed by atoms with Gasteiger partial charge in [-0.1, -0.05) is 13.8 Å². The summed E-state index contributed by atoms with van der Waals surface area (Å²) in [7, 11) is 0. The van der Waals surface area contributed by atoms with E-state index in [-0.39, 0.29) is 11.6 Å². The van der Waals surface area contributed by atoms with Crippen LogP contribution in [-0.4, -0.2) is 5.78 Å². The predicted molar refractivity (Wildman–Crippen MR) is 50.4 cm³/mol. The summed E-state index contributed by atoms with van der Waals surface area (Å²) in [6.07, 6.45) is 1.24. The second-order valence-electron chi connectivity index (χ2n) is 2.72. The largest absolute Gasteiger partial charge is 0.294 e. The van der Waals surface area contributed by atoms with E-state index in [0.717, 1.165) is 5.56 Å². The Kier molecular flexibility index (Phi) is 3.18. The normalized spacial score (nSPS) is 13.3. The van der Waals surface area contributed by atoms with Crippen LogP contribution in [0.25, 0.3) is 0 Å². The van der Waals surface area contributed by atoms with Gasteiger partial charge in [-0.25, -0.2) is 4.39 Å². The topological polar surface area (TPSA) is 17.1 Å². The van der Waals surface area contributed by atoms with Crippen LogP contribution in [0.3, 0.4) is 0 Å². The Bertz CT molecular complexity index is 318. The molecule has 1 aromatic carbocycles. The van der Waals surface area contributed by atoms with Crippen LogP contribution in [0.5, 0.6) is 0 Å². The lowest BCUT2D eigenvalue weighted by Gasteiger charge is -1.94. The number of carbonyl (C=O) groups is 1. The highest BCUT2D eigenvalue weighted by Gasteiger charge is 2.18. The van der Waals surface area contributed by atoms with Crippen LogP contribution in [-0.2, 0) is 6.42 Å². The highest BCUT2D eigenvalue weighted by Crippen LogP contribution is 2.21. The zero-order valence-corrected chi connectivity index (χ0v) is 7.93. The third kappa shape index (κ3) is 1.94. The molecule has 0 radical (unpaired) electrons. The van der Waals surface area contributed by atoms with Crippen molar-refractivity contribution in [2.45, 2.75) is 26.7 Å². The van der Waals surface area contributed by atoms with Gasteiger partial charge in [-0.2, -0.15) is 0 Å². The number of benzene rings is 1. The SMILES string of the molecule is CC.O=C1CCc2cc(F)ccc21. The van der Waals surface area contributed by atoms with Gasteiger partial charge in [-0.05, 0) is 30.2 Å². The average molecular weight is 180 g/mol. The van der Waals surface area contributed by atoms with Crippen molar-refractivity contribution in [1.82, 2.24) is 0 Å². The third-order valence-electron chi connectivity index (χ3n) is 1.99. The molecule has 0 unspecified atom stereocenters. The summed E-state index contributed by atoms with van der Waals surface area (Å²) in [6.45, 7) is 4.00. The second-order valence-corrected chi connectivity index (χ2v) is 2.72. The van der Waals surface area contributed by atoms with E-state index in [1.165, 1.54) is 12.1 Å². The first-order chi connectivity index (χ1) is 6.27. The number of hydrogen-bond acceptors (Lipinski definition) is 1. The van der Waals surface area contributed by atoms with Gasteiger partial charge in [0, 0.05) is 12.0 Å². The Morgan fingerprint density at radius 2 is 1.92 bits per heavy atom. The Hall–Kier alpha value is -1.18. The van der Waals surface area contributed by atoms with E-state index in [4.69, 9.17) is 0 Å². The molecule has 0 aliphatic heterocycles. The Morgan fingerprint density at radius 3 is 2.62 bits per heavy atom. The molecule has 0 spiro atoms. The van der Waals surface area contributed by atoms with E-state index in [1.807, 2.05) is 13.8 Å². The highest BCUT2D eigenvalue weighted by molar-refractivity contribution is 6.00. The zero-order chi connectivity index (χ0) is 9.84. The molecule has 0 aromatic heterocycles. The molecule has 1 aromatic rings. The monoisotopic (exact) mass is 180 g/mol. The Morgan fingerprint density at radius 1 is 1.23 bits per heavy atom. The van der Waals surface area contributed by atoms with Gasteiger partial charge in [-0.15, -0.1) is 0 Å². The van der Waals surface area contributed by atoms with Gasteiger partial charge >= 0.3 is 0 Å². The molecule has 0 bridgehead atoms. The molecule has 1 aliphatic rings. The summed E-state index contributed by atoms with van der Waals surface area (Å²) in [5, 5.41) is 0. The quantitative estimate of drug-likeness (QED) is 0.599. The van der Waals surface area contributed by atoms with Crippen molar-refractivity contribution in [1.29, 1.82) is 0 Å². The minimum Gasteiger partial charge on any atom is -0.294 e. The Labute approximate surface area is 77.6 Å². The van der Waals surface area contributed by atoms with Gasteiger partial charge < -0.3 is 0 Å². The van der Waals surface area contributed by atoms with Crippen molar-refractivity contribution in [2.75, 3.05) is 0 Å². The fourth-order valence-corrected chi connectivity index (χ4v) is 1.42. The van der Waals surface area contributed by atoms with E-state index in [9.17, 15) is 9.18 Å². The fourth-order valence-electron chi connectivity index (χ4n) is 1.42. The summed E-state index contributed by atoms with van der Waals surface area (Å²) in [4.78, 5) is 11.1. The van der Waals surface area contributed by atoms with E-state index in [1.54, 1.807) is 6.07 Å². The van der Waals surface area contributed by atoms with Crippen molar-refractivity contribution in [3.63, 3.8) is 0 Å². The number of Topliss-reactive ketones (excluding diaryl/α,β-unsaturated/α-hetero) is 1. The molecule has 70 valence electrons. The lowest BCUT2D eigenvalue weighted by molar-refractivity contribution is 0.0994. The molecule has 1 nitrogen and oxygen atoms in total. The third-order valence-corrected chi connectivity index (χ3v) is 1.99. The molecule has 0 saturated carbocycles. The van der Waals surface area contributed by atoms with E-state index in [2.05, 4.69) is 0 Å². The first kappa shape index (κ1) is 9.90. The number of halogens is 1. The molecule has 2 heteroatoms. The molecule has 0 fully saturated rings. The summed E-state index contributed by atoms with van der Waals surface area (Å²) < 4.78 is 12.6. The lowest BCUT2D eigenvalue weighted by Crippen LogP contribution is -1.90. The van der Waals surface area contributed by atoms with Crippen LogP contribution < -0.4 is 0 Å². The van der Waals surface area contributed by atoms with Crippen molar-refractivity contribution in [2.24, 2.45) is 0 Å². The second kappa shape index (κ2) is 4.17. The van der Waals surface area contributed by atoms with Crippen LogP contribution in [0.1, 0.15) is 36.2 Å². The molecule has 0 N–H and O–H groups in total. The molecule has 0 saturated heterocycles. The standard InChI is InChI=1S/C9H7FO.C2H6/c10-7-2-3-8-6(5-7)1-4-9(8)11;1-2/h2-3,5H,1,4H2;1-2H3. The van der Waals surface area contributed by atoms with Gasteiger partial charge in [0.25, 0.3) is 0 Å². The summed E-state index contributed by atoms with van der Waals surface area (Å²) in [6, 6.07) is 4.35. The first-order valence-electron chi connectivity index (χ1n) is 4.59. The van der Waals surface area contributed by atoms with Crippen LogP contribution in [0, 0.1) is 5.82 Å². The molecule has 2 rings (SSSR count). The van der Waals surface area contributed by atoms with Crippen LogP contribution in [0.15, 0.2) is 18.2 Å². The predicted octanol–water partition coefficient (Wildman–Crippen LogP) is 2.98. The maximum absolute atomic E-state index is 12.6. The average Bonchev–Trinajstić information content (AvgIpc) is 2.51. The molecule has 0 amide bonds. The molecule has 1 aliphatic carbocycles. The number of ketones is 1. The van der Waals surface area contributed by atoms with Gasteiger partial charge in [-0.3, -0.25) is 4.79 Å². The number of aryl methyl sites for hydroxylation is 1. The first-order valence-corrected chi connectivity index (χ1v) is 4.59. The van der Waals surface area contributed by atoms with Gasteiger partial charge in [0.05, 0.1) is 0 Å². The summed E-state index contributed by atoms with van der Waals surface area (Å²) in [5.74, 6) is -0.113. The molecule has 0 heterocycles. The van der Waals surface area contributed by atoms with Crippen LogP contribution in [0.4, 0.5) is 4.39 Å². The fraction of sp³-hybridized carbons (Fsp3) is 0.364. The maximum atomic E-state index is 12.6. The number of hydrogen-bond donors (Lipinski definition) is 0. The summed E-state index contributed by atoms with van der Waals surface area (Å²) >= 11 is 0. The van der Waals surface area contributed by atoms with Crippen molar-refractivity contribution >= 4 is 5.78 Å². The van der Waals surface area contributed by atoms with Gasteiger partial charge in [0.15, 0.2) is 5.78 Å². The smallest absolute Gasteiger partial charge is 0.163 e. The summed E-state index contributed by atoms with van der Waals surface area (Å²) in [5.41, 5.74) is 1.56. The van der Waals surface area contributed by atoms with E-state index in [0.29, 0.717) is 18.4 Å². The molecular weight excluding hydrogens is 167 g/mol. The number of fused-ring (bicyclic) bond motifs is 1. The number of carbonyl (C=O) groups excluding carboxylic acids is 1. The lowest BCUT2D eigenvalue weighted by atomic mass is 10.1. The van der Waals surface area contributed by atoms with Crippen molar-refractivity contribution in [3.05, 3.63) is 35.1 Å². The highest BCUT2D eigenvalue weighted by atomic mass is 19.1. The van der Waals surface area contributed by atoms with Crippen molar-refractivity contribution in [3.8, 4) is 0 Å². The Balaban J connectivity index is 0.000000396. The molecule has 0 atom stereocenters. The van der Waals surface area contributed by atoms with Gasteiger partial charge in [0.2, 0.25) is 0 Å². The van der Waals surface area contributed by atoms with E-state index >= 15 is 0 Å². The molecular formula is C11H13FO. The van der Waals surface area contributed by atoms with E-state index < -0.39 is 0 Å². The minimum atomic E-state index is -0.251. The van der Waals surface area contributed by atoms with Gasteiger partial charge in [0.1, 0.15) is 5.82 Å². The minimum absolute atomic E-state index is 0.139.